The van der Waals surface area contributed by atoms with Crippen LogP contribution in [0.25, 0.3) is 11.6 Å². The average molecular weight is 340 g/mol. The lowest BCUT2D eigenvalue weighted by Gasteiger charge is -1.98. The molecular weight excluding hydrogens is 328 g/mol. The van der Waals surface area contributed by atoms with E-state index in [1.54, 1.807) is 17.8 Å². The topological polar surface area (TPSA) is 62.8 Å². The van der Waals surface area contributed by atoms with E-state index in [-0.39, 0.29) is 5.88 Å². The van der Waals surface area contributed by atoms with Crippen LogP contribution in [0.1, 0.15) is 10.4 Å². The Morgan fingerprint density at radius 3 is 3.00 bits per heavy atom. The molecule has 0 unspecified atom stereocenters. The Kier molecular flexibility index (Phi) is 3.44. The summed E-state index contributed by atoms with van der Waals surface area (Å²) in [7, 11) is 1.79. The summed E-state index contributed by atoms with van der Waals surface area (Å²) in [5.41, 5.74) is 3.01. The van der Waals surface area contributed by atoms with E-state index in [0.717, 1.165) is 21.7 Å². The van der Waals surface area contributed by atoms with Gasteiger partial charge in [0, 0.05) is 36.0 Å². The van der Waals surface area contributed by atoms with Crippen LogP contribution in [0.4, 0.5) is 10.8 Å². The maximum Gasteiger partial charge on any atom is 0.211 e. The number of aromatic nitrogens is 2. The van der Waals surface area contributed by atoms with E-state index >= 15 is 0 Å². The van der Waals surface area contributed by atoms with Crippen LogP contribution in [-0.4, -0.2) is 20.9 Å². The Labute approximate surface area is 140 Å². The number of aromatic hydroxyl groups is 1. The number of fused-ring (bicyclic) bond motifs is 1. The summed E-state index contributed by atoms with van der Waals surface area (Å²) in [6, 6.07) is 7.95. The van der Waals surface area contributed by atoms with Crippen LogP contribution >= 0.6 is 22.7 Å². The largest absolute Gasteiger partial charge is 0.493 e. The second kappa shape index (κ2) is 5.60. The molecule has 4 rings (SSSR count). The van der Waals surface area contributed by atoms with Gasteiger partial charge >= 0.3 is 0 Å². The fourth-order valence-corrected chi connectivity index (χ4v) is 3.84. The Bertz CT molecular complexity index is 994. The van der Waals surface area contributed by atoms with Crippen molar-refractivity contribution in [2.75, 3.05) is 0 Å². The molecule has 0 saturated heterocycles. The molecule has 3 aromatic rings. The molecule has 114 valence electrons. The molecule has 5 nitrogen and oxygen atoms in total. The maximum absolute atomic E-state index is 10.4. The molecule has 0 fully saturated rings. The number of rotatable bonds is 2. The van der Waals surface area contributed by atoms with Crippen molar-refractivity contribution in [3.05, 3.63) is 51.1 Å². The molecule has 23 heavy (non-hydrogen) atoms. The molecule has 0 amide bonds. The number of hydrogen-bond donors (Lipinski definition) is 1. The zero-order valence-corrected chi connectivity index (χ0v) is 13.8. The molecular formula is C16H12N4OS2. The SMILES string of the molecule is Cn1c(O)c(/C=C2/C=Nc3ccccc32)s/c1=N\c1nccs1. The molecule has 1 aliphatic rings. The predicted octanol–water partition coefficient (Wildman–Crippen LogP) is 3.74. The standard InChI is InChI=1S/C16H12N4OS2/c1-20-14(21)13(23-16(20)19-15-17-6-7-22-15)8-10-9-18-12-5-3-2-4-11(10)12/h2-9,21H,1H3/b10-8-,19-16-. The summed E-state index contributed by atoms with van der Waals surface area (Å²) in [6.45, 7) is 0. The van der Waals surface area contributed by atoms with Gasteiger partial charge in [-0.2, -0.15) is 4.99 Å². The van der Waals surface area contributed by atoms with Crippen LogP contribution in [0.15, 0.2) is 45.8 Å². The number of aliphatic imine (C=N–C) groups is 1. The van der Waals surface area contributed by atoms with E-state index in [2.05, 4.69) is 15.0 Å². The van der Waals surface area contributed by atoms with Crippen molar-refractivity contribution in [2.24, 2.45) is 17.0 Å². The lowest BCUT2D eigenvalue weighted by Crippen LogP contribution is -2.08. The quantitative estimate of drug-likeness (QED) is 0.772. The number of para-hydroxylation sites is 1. The van der Waals surface area contributed by atoms with Crippen molar-refractivity contribution in [1.82, 2.24) is 9.55 Å². The zero-order valence-electron chi connectivity index (χ0n) is 12.2. The van der Waals surface area contributed by atoms with Gasteiger partial charge in [-0.15, -0.1) is 11.3 Å². The summed E-state index contributed by atoms with van der Waals surface area (Å²) in [6.07, 6.45) is 5.48. The Hall–Kier alpha value is -2.51. The number of thiazole rings is 2. The van der Waals surface area contributed by atoms with Gasteiger partial charge in [0.1, 0.15) is 0 Å². The Morgan fingerprint density at radius 2 is 2.17 bits per heavy atom. The van der Waals surface area contributed by atoms with Crippen molar-refractivity contribution < 1.29 is 5.11 Å². The molecule has 0 radical (unpaired) electrons. The molecule has 7 heteroatoms. The van der Waals surface area contributed by atoms with Crippen LogP contribution in [0.2, 0.25) is 0 Å². The first-order chi connectivity index (χ1) is 11.2. The first kappa shape index (κ1) is 14.1. The molecule has 0 aliphatic carbocycles. The van der Waals surface area contributed by atoms with Gasteiger partial charge in [0.25, 0.3) is 0 Å². The minimum absolute atomic E-state index is 0.190. The first-order valence-corrected chi connectivity index (χ1v) is 8.60. The van der Waals surface area contributed by atoms with Crippen molar-refractivity contribution in [3.63, 3.8) is 0 Å². The average Bonchev–Trinajstić information content (AvgIpc) is 3.27. The number of hydrogen-bond acceptors (Lipinski definition) is 6. The van der Waals surface area contributed by atoms with Crippen molar-refractivity contribution in [2.45, 2.75) is 0 Å². The van der Waals surface area contributed by atoms with E-state index in [1.165, 1.54) is 22.7 Å². The third-order valence-electron chi connectivity index (χ3n) is 3.48. The second-order valence-electron chi connectivity index (χ2n) is 4.93. The highest BCUT2D eigenvalue weighted by Gasteiger charge is 2.14. The van der Waals surface area contributed by atoms with Crippen LogP contribution in [0.5, 0.6) is 5.88 Å². The van der Waals surface area contributed by atoms with Crippen LogP contribution in [-0.2, 0) is 7.05 Å². The minimum atomic E-state index is 0.190. The van der Waals surface area contributed by atoms with E-state index in [9.17, 15) is 5.11 Å². The smallest absolute Gasteiger partial charge is 0.211 e. The van der Waals surface area contributed by atoms with Crippen molar-refractivity contribution in [1.29, 1.82) is 0 Å². The molecule has 1 aliphatic heterocycles. The van der Waals surface area contributed by atoms with Gasteiger partial charge in [0.2, 0.25) is 11.0 Å². The van der Waals surface area contributed by atoms with E-state index in [1.807, 2.05) is 41.9 Å². The highest BCUT2D eigenvalue weighted by Crippen LogP contribution is 2.34. The van der Waals surface area contributed by atoms with Gasteiger partial charge in [0.05, 0.1) is 10.6 Å². The van der Waals surface area contributed by atoms with Gasteiger partial charge in [-0.05, 0) is 12.1 Å². The van der Waals surface area contributed by atoms with Gasteiger partial charge in [-0.3, -0.25) is 9.56 Å². The van der Waals surface area contributed by atoms with Crippen molar-refractivity contribution >= 4 is 51.4 Å². The van der Waals surface area contributed by atoms with Gasteiger partial charge in [0.15, 0.2) is 4.80 Å². The van der Waals surface area contributed by atoms with E-state index < -0.39 is 0 Å². The summed E-state index contributed by atoms with van der Waals surface area (Å²) in [4.78, 5) is 14.5. The molecule has 0 spiro atoms. The Balaban J connectivity index is 1.80. The van der Waals surface area contributed by atoms with Crippen molar-refractivity contribution in [3.8, 4) is 5.88 Å². The maximum atomic E-state index is 10.4. The van der Waals surface area contributed by atoms with E-state index in [0.29, 0.717) is 9.93 Å². The predicted molar refractivity (Wildman–Crippen MR) is 94.8 cm³/mol. The number of nitrogens with zero attached hydrogens (tertiary/aromatic N) is 4. The van der Waals surface area contributed by atoms with E-state index in [4.69, 9.17) is 0 Å². The number of benzene rings is 1. The van der Waals surface area contributed by atoms with Crippen LogP contribution < -0.4 is 4.80 Å². The lowest BCUT2D eigenvalue weighted by atomic mass is 10.1. The normalized spacial score (nSPS) is 15.5. The molecule has 1 N–H and O–H groups in total. The third kappa shape index (κ3) is 2.54. The minimum Gasteiger partial charge on any atom is -0.493 e. The lowest BCUT2D eigenvalue weighted by molar-refractivity contribution is 0.427. The molecule has 3 heterocycles. The summed E-state index contributed by atoms with van der Waals surface area (Å²) in [5.74, 6) is 0.190. The summed E-state index contributed by atoms with van der Waals surface area (Å²) >= 11 is 2.88. The first-order valence-electron chi connectivity index (χ1n) is 6.90. The second-order valence-corrected chi connectivity index (χ2v) is 6.82. The molecule has 0 bridgehead atoms. The summed E-state index contributed by atoms with van der Waals surface area (Å²) < 4.78 is 1.66. The highest BCUT2D eigenvalue weighted by molar-refractivity contribution is 7.13. The fraction of sp³-hybridized carbons (Fsp3) is 0.0625. The number of allylic oxidation sites excluding steroid dienone is 1. The molecule has 0 saturated carbocycles. The van der Waals surface area contributed by atoms with Crippen LogP contribution in [0.3, 0.4) is 0 Å². The summed E-state index contributed by atoms with van der Waals surface area (Å²) in [5, 5.41) is 12.9. The Morgan fingerprint density at radius 1 is 1.30 bits per heavy atom. The monoisotopic (exact) mass is 340 g/mol. The van der Waals surface area contributed by atoms with Gasteiger partial charge in [-0.1, -0.05) is 29.5 Å². The van der Waals surface area contributed by atoms with Gasteiger partial charge < -0.3 is 5.11 Å². The molecule has 2 aromatic heterocycles. The fourth-order valence-electron chi connectivity index (χ4n) is 2.31. The molecule has 0 atom stereocenters. The zero-order chi connectivity index (χ0) is 15.8. The van der Waals surface area contributed by atoms with Gasteiger partial charge in [-0.25, -0.2) is 4.98 Å². The third-order valence-corrected chi connectivity index (χ3v) is 5.21. The van der Waals surface area contributed by atoms with Crippen LogP contribution in [0, 0.1) is 0 Å². The molecule has 1 aromatic carbocycles. The highest BCUT2D eigenvalue weighted by atomic mass is 32.1.